The molecular formula is C21H25IN6O. The lowest BCUT2D eigenvalue weighted by atomic mass is 10.0. The molecule has 2 heterocycles. The second kappa shape index (κ2) is 9.25. The molecule has 0 unspecified atom stereocenters. The van der Waals surface area contributed by atoms with E-state index in [9.17, 15) is 4.79 Å². The predicted octanol–water partition coefficient (Wildman–Crippen LogP) is 2.62. The maximum absolute atomic E-state index is 12.6. The summed E-state index contributed by atoms with van der Waals surface area (Å²) in [5.74, 6) is 0.791. The molecule has 1 aliphatic heterocycles. The molecule has 0 saturated carbocycles. The Morgan fingerprint density at radius 1 is 1.17 bits per heavy atom. The molecule has 2 aromatic carbocycles. The molecular weight excluding hydrogens is 479 g/mol. The van der Waals surface area contributed by atoms with Crippen LogP contribution < -0.4 is 10.2 Å². The van der Waals surface area contributed by atoms with Crippen LogP contribution in [0.5, 0.6) is 0 Å². The van der Waals surface area contributed by atoms with E-state index in [4.69, 9.17) is 0 Å². The fourth-order valence-corrected chi connectivity index (χ4v) is 3.63. The van der Waals surface area contributed by atoms with E-state index in [1.165, 1.54) is 16.3 Å². The quantitative estimate of drug-likeness (QED) is 0.339. The van der Waals surface area contributed by atoms with Crippen LogP contribution in [0.4, 0.5) is 5.69 Å². The van der Waals surface area contributed by atoms with Crippen molar-refractivity contribution in [2.75, 3.05) is 31.6 Å². The number of nitrogens with zero attached hydrogens (tertiary/aromatic N) is 5. The molecule has 3 aromatic rings. The van der Waals surface area contributed by atoms with Gasteiger partial charge >= 0.3 is 0 Å². The molecule has 1 aromatic heterocycles. The lowest BCUT2D eigenvalue weighted by Gasteiger charge is -2.35. The van der Waals surface area contributed by atoms with E-state index in [2.05, 4.69) is 51.8 Å². The summed E-state index contributed by atoms with van der Waals surface area (Å²) < 4.78 is 1.71. The van der Waals surface area contributed by atoms with Crippen LogP contribution in [0.1, 0.15) is 5.56 Å². The minimum Gasteiger partial charge on any atom is -0.352 e. The highest BCUT2D eigenvalue weighted by atomic mass is 127. The molecule has 152 valence electrons. The predicted molar refractivity (Wildman–Crippen MR) is 127 cm³/mol. The standard InChI is InChI=1S/C21H24N6O.HI/c1-22-21(23-12-17-8-5-7-16-6-3-4-9-19(16)17)26-10-11-27(20(28)15-26)18-13-24-25(2)14-18;/h3-9,13-14H,10-12,15H2,1-2H3,(H,22,23);1H. The molecule has 8 heteroatoms. The van der Waals surface area contributed by atoms with Crippen LogP contribution in [0.15, 0.2) is 59.9 Å². The van der Waals surface area contributed by atoms with Crippen LogP contribution in [-0.4, -0.2) is 53.2 Å². The Bertz CT molecular complexity index is 1030. The van der Waals surface area contributed by atoms with Gasteiger partial charge in [0.1, 0.15) is 6.54 Å². The van der Waals surface area contributed by atoms with Crippen LogP contribution in [-0.2, 0) is 18.4 Å². The lowest BCUT2D eigenvalue weighted by Crippen LogP contribution is -2.55. The molecule has 1 fully saturated rings. The van der Waals surface area contributed by atoms with Gasteiger partial charge in [-0.05, 0) is 16.3 Å². The Labute approximate surface area is 187 Å². The zero-order valence-corrected chi connectivity index (χ0v) is 18.9. The van der Waals surface area contributed by atoms with E-state index >= 15 is 0 Å². The number of aliphatic imine (C=N–C) groups is 1. The number of nitrogens with one attached hydrogen (secondary N) is 1. The zero-order valence-electron chi connectivity index (χ0n) is 16.6. The molecule has 1 saturated heterocycles. The van der Waals surface area contributed by atoms with E-state index < -0.39 is 0 Å². The van der Waals surface area contributed by atoms with Gasteiger partial charge in [0, 0.05) is 39.9 Å². The highest BCUT2D eigenvalue weighted by Crippen LogP contribution is 2.19. The molecule has 29 heavy (non-hydrogen) atoms. The van der Waals surface area contributed by atoms with Gasteiger partial charge in [0.2, 0.25) is 5.91 Å². The van der Waals surface area contributed by atoms with Crippen molar-refractivity contribution < 1.29 is 4.79 Å². The van der Waals surface area contributed by atoms with Gasteiger partial charge in [-0.3, -0.25) is 14.5 Å². The third kappa shape index (κ3) is 4.52. The van der Waals surface area contributed by atoms with Crippen molar-refractivity contribution in [1.29, 1.82) is 0 Å². The van der Waals surface area contributed by atoms with Gasteiger partial charge in [0.15, 0.2) is 5.96 Å². The van der Waals surface area contributed by atoms with Gasteiger partial charge in [-0.1, -0.05) is 42.5 Å². The van der Waals surface area contributed by atoms with Crippen LogP contribution >= 0.6 is 24.0 Å². The summed E-state index contributed by atoms with van der Waals surface area (Å²) in [6, 6.07) is 14.6. The van der Waals surface area contributed by atoms with Crippen molar-refractivity contribution in [3.8, 4) is 0 Å². The smallest absolute Gasteiger partial charge is 0.246 e. The number of halogens is 1. The van der Waals surface area contributed by atoms with Gasteiger partial charge in [-0.15, -0.1) is 24.0 Å². The first-order valence-corrected chi connectivity index (χ1v) is 9.37. The molecule has 0 bridgehead atoms. The maximum atomic E-state index is 12.6. The van der Waals surface area contributed by atoms with Crippen LogP contribution in [0.25, 0.3) is 10.8 Å². The number of amides is 1. The lowest BCUT2D eigenvalue weighted by molar-refractivity contribution is -0.120. The fourth-order valence-electron chi connectivity index (χ4n) is 3.63. The third-order valence-corrected chi connectivity index (χ3v) is 5.05. The summed E-state index contributed by atoms with van der Waals surface area (Å²) in [4.78, 5) is 20.8. The molecule has 1 amide bonds. The Morgan fingerprint density at radius 3 is 2.69 bits per heavy atom. The SMILES string of the molecule is CN=C(NCc1cccc2ccccc12)N1CCN(c2cnn(C)c2)C(=O)C1.I. The summed E-state index contributed by atoms with van der Waals surface area (Å²) in [5, 5.41) is 10.0. The first-order valence-electron chi connectivity index (χ1n) is 9.37. The summed E-state index contributed by atoms with van der Waals surface area (Å²) in [6.07, 6.45) is 3.59. The molecule has 1 N–H and O–H groups in total. The first-order chi connectivity index (χ1) is 13.7. The average Bonchev–Trinajstić information content (AvgIpc) is 3.14. The molecule has 0 radical (unpaired) electrons. The largest absolute Gasteiger partial charge is 0.352 e. The summed E-state index contributed by atoms with van der Waals surface area (Å²) in [6.45, 7) is 2.28. The van der Waals surface area contributed by atoms with Crippen molar-refractivity contribution in [3.05, 3.63) is 60.4 Å². The topological polar surface area (TPSA) is 65.8 Å². The Morgan fingerprint density at radius 2 is 1.97 bits per heavy atom. The highest BCUT2D eigenvalue weighted by molar-refractivity contribution is 14.0. The number of rotatable bonds is 3. The van der Waals surface area contributed by atoms with E-state index in [1.807, 2.05) is 24.2 Å². The summed E-state index contributed by atoms with van der Waals surface area (Å²) >= 11 is 0. The highest BCUT2D eigenvalue weighted by Gasteiger charge is 2.27. The van der Waals surface area contributed by atoms with Gasteiger partial charge in [-0.2, -0.15) is 5.10 Å². The van der Waals surface area contributed by atoms with Crippen molar-refractivity contribution in [3.63, 3.8) is 0 Å². The number of carbonyl (C=O) groups is 1. The second-order valence-electron chi connectivity index (χ2n) is 6.88. The number of hydrogen-bond acceptors (Lipinski definition) is 3. The molecule has 1 aliphatic rings. The van der Waals surface area contributed by atoms with Crippen molar-refractivity contribution in [2.45, 2.75) is 6.54 Å². The number of piperazine rings is 1. The molecule has 0 spiro atoms. The van der Waals surface area contributed by atoms with E-state index in [1.54, 1.807) is 22.8 Å². The van der Waals surface area contributed by atoms with Gasteiger partial charge < -0.3 is 15.1 Å². The van der Waals surface area contributed by atoms with Gasteiger partial charge in [0.25, 0.3) is 0 Å². The van der Waals surface area contributed by atoms with Crippen LogP contribution in [0.3, 0.4) is 0 Å². The van der Waals surface area contributed by atoms with E-state index in [-0.39, 0.29) is 29.9 Å². The van der Waals surface area contributed by atoms with Crippen LogP contribution in [0.2, 0.25) is 0 Å². The van der Waals surface area contributed by atoms with Crippen molar-refractivity contribution in [1.82, 2.24) is 20.0 Å². The van der Waals surface area contributed by atoms with Gasteiger partial charge in [0.05, 0.1) is 11.9 Å². The number of benzene rings is 2. The monoisotopic (exact) mass is 504 g/mol. The number of hydrogen-bond donors (Lipinski definition) is 1. The van der Waals surface area contributed by atoms with Gasteiger partial charge in [-0.25, -0.2) is 0 Å². The Balaban J connectivity index is 0.00000240. The molecule has 0 aliphatic carbocycles. The minimum atomic E-state index is 0. The number of anilines is 1. The summed E-state index contributed by atoms with van der Waals surface area (Å²) in [7, 11) is 3.60. The fraction of sp³-hybridized carbons (Fsp3) is 0.286. The molecule has 4 rings (SSSR count). The van der Waals surface area contributed by atoms with E-state index in [0.29, 0.717) is 19.6 Å². The zero-order chi connectivity index (χ0) is 19.5. The Kier molecular flexibility index (Phi) is 6.73. The van der Waals surface area contributed by atoms with Crippen LogP contribution in [0, 0.1) is 0 Å². The first kappa shape index (κ1) is 21.1. The number of fused-ring (bicyclic) bond motifs is 1. The number of aryl methyl sites for hydroxylation is 1. The Hall–Kier alpha value is -2.62. The number of aromatic nitrogens is 2. The maximum Gasteiger partial charge on any atom is 0.246 e. The average molecular weight is 504 g/mol. The molecule has 7 nitrogen and oxygen atoms in total. The van der Waals surface area contributed by atoms with Crippen molar-refractivity contribution >= 4 is 52.3 Å². The van der Waals surface area contributed by atoms with Crippen molar-refractivity contribution in [2.24, 2.45) is 12.0 Å². The second-order valence-corrected chi connectivity index (χ2v) is 6.88. The van der Waals surface area contributed by atoms with E-state index in [0.717, 1.165) is 18.2 Å². The normalized spacial score (nSPS) is 14.8. The number of carbonyl (C=O) groups excluding carboxylic acids is 1. The summed E-state index contributed by atoms with van der Waals surface area (Å²) in [5.41, 5.74) is 2.05. The molecule has 0 atom stereocenters. The number of guanidine groups is 1. The minimum absolute atomic E-state index is 0. The third-order valence-electron chi connectivity index (χ3n) is 5.05.